The van der Waals surface area contributed by atoms with Gasteiger partial charge in [0.05, 0.1) is 11.3 Å². The van der Waals surface area contributed by atoms with Gasteiger partial charge in [0.2, 0.25) is 0 Å². The molecule has 2 aromatic carbocycles. The van der Waals surface area contributed by atoms with Crippen LogP contribution in [0.3, 0.4) is 0 Å². The summed E-state index contributed by atoms with van der Waals surface area (Å²) >= 11 is 5.73. The number of para-hydroxylation sites is 1. The molecule has 126 valence electrons. The summed E-state index contributed by atoms with van der Waals surface area (Å²) in [6, 6.07) is 14.9. The molecule has 6 heteroatoms. The van der Waals surface area contributed by atoms with Gasteiger partial charge in [0.15, 0.2) is 0 Å². The van der Waals surface area contributed by atoms with Gasteiger partial charge in [-0.3, -0.25) is 9.78 Å². The zero-order chi connectivity index (χ0) is 17.6. The van der Waals surface area contributed by atoms with E-state index in [-0.39, 0.29) is 10.7 Å². The molecule has 1 aromatic heterocycles. The summed E-state index contributed by atoms with van der Waals surface area (Å²) in [4.78, 5) is 16.5. The number of halogens is 2. The first-order valence-electron chi connectivity index (χ1n) is 7.61. The average molecular weight is 356 g/mol. The fourth-order valence-corrected chi connectivity index (χ4v) is 2.47. The van der Waals surface area contributed by atoms with E-state index in [9.17, 15) is 9.18 Å². The van der Waals surface area contributed by atoms with Crippen molar-refractivity contribution in [3.8, 4) is 0 Å². The standard InChI is InChI=1S/C19H15ClFN3O/c20-14-5-6-18(16(21)11-14)24-19(25)15-3-1-2-4-17(15)23-12-13-7-9-22-10-8-13/h1-11,23H,12H2,(H,24,25). The highest BCUT2D eigenvalue weighted by atomic mass is 35.5. The maximum atomic E-state index is 13.9. The van der Waals surface area contributed by atoms with Crippen molar-refractivity contribution < 1.29 is 9.18 Å². The van der Waals surface area contributed by atoms with Crippen LogP contribution in [0.5, 0.6) is 0 Å². The van der Waals surface area contributed by atoms with Crippen LogP contribution < -0.4 is 10.6 Å². The van der Waals surface area contributed by atoms with Gasteiger partial charge in [-0.25, -0.2) is 4.39 Å². The second kappa shape index (κ2) is 7.77. The molecular formula is C19H15ClFN3O. The summed E-state index contributed by atoms with van der Waals surface area (Å²) in [7, 11) is 0. The van der Waals surface area contributed by atoms with Crippen molar-refractivity contribution in [1.29, 1.82) is 0 Å². The number of anilines is 2. The van der Waals surface area contributed by atoms with E-state index >= 15 is 0 Å². The summed E-state index contributed by atoms with van der Waals surface area (Å²) in [5, 5.41) is 6.06. The summed E-state index contributed by atoms with van der Waals surface area (Å²) in [5.41, 5.74) is 2.20. The first-order chi connectivity index (χ1) is 12.1. The fourth-order valence-electron chi connectivity index (χ4n) is 2.31. The minimum Gasteiger partial charge on any atom is -0.380 e. The number of rotatable bonds is 5. The Morgan fingerprint density at radius 1 is 1.04 bits per heavy atom. The lowest BCUT2D eigenvalue weighted by Gasteiger charge is -2.13. The number of benzene rings is 2. The molecular weight excluding hydrogens is 341 g/mol. The Balaban J connectivity index is 1.76. The minimum atomic E-state index is -0.580. The Kier molecular flexibility index (Phi) is 5.26. The van der Waals surface area contributed by atoms with E-state index in [0.29, 0.717) is 17.8 Å². The Labute approximate surface area is 149 Å². The molecule has 0 unspecified atom stereocenters. The van der Waals surface area contributed by atoms with Gasteiger partial charge in [-0.15, -0.1) is 0 Å². The van der Waals surface area contributed by atoms with Crippen LogP contribution in [0.4, 0.5) is 15.8 Å². The Morgan fingerprint density at radius 3 is 2.56 bits per heavy atom. The lowest BCUT2D eigenvalue weighted by molar-refractivity contribution is 0.102. The van der Waals surface area contributed by atoms with E-state index in [2.05, 4.69) is 15.6 Å². The molecule has 0 saturated carbocycles. The first-order valence-corrected chi connectivity index (χ1v) is 7.99. The summed E-state index contributed by atoms with van der Waals surface area (Å²) in [6.07, 6.45) is 3.41. The Morgan fingerprint density at radius 2 is 1.80 bits per heavy atom. The van der Waals surface area contributed by atoms with Gasteiger partial charge in [-0.1, -0.05) is 23.7 Å². The number of aromatic nitrogens is 1. The molecule has 0 radical (unpaired) electrons. The molecule has 0 spiro atoms. The minimum absolute atomic E-state index is 0.0818. The smallest absolute Gasteiger partial charge is 0.257 e. The molecule has 25 heavy (non-hydrogen) atoms. The number of pyridine rings is 1. The average Bonchev–Trinajstić information content (AvgIpc) is 2.63. The number of nitrogens with zero attached hydrogens (tertiary/aromatic N) is 1. The predicted octanol–water partition coefficient (Wildman–Crippen LogP) is 4.74. The van der Waals surface area contributed by atoms with Gasteiger partial charge in [-0.2, -0.15) is 0 Å². The predicted molar refractivity (Wildman–Crippen MR) is 97.4 cm³/mol. The van der Waals surface area contributed by atoms with Crippen LogP contribution in [0.1, 0.15) is 15.9 Å². The maximum absolute atomic E-state index is 13.9. The van der Waals surface area contributed by atoms with Crippen LogP contribution in [0.2, 0.25) is 5.02 Å². The van der Waals surface area contributed by atoms with Crippen molar-refractivity contribution in [2.75, 3.05) is 10.6 Å². The van der Waals surface area contributed by atoms with Crippen LogP contribution in [0, 0.1) is 5.82 Å². The lowest BCUT2D eigenvalue weighted by Crippen LogP contribution is -2.15. The molecule has 0 bridgehead atoms. The number of hydrogen-bond acceptors (Lipinski definition) is 3. The van der Waals surface area contributed by atoms with E-state index in [1.54, 1.807) is 30.6 Å². The van der Waals surface area contributed by atoms with Crippen LogP contribution in [-0.2, 0) is 6.54 Å². The fraction of sp³-hybridized carbons (Fsp3) is 0.0526. The van der Waals surface area contributed by atoms with E-state index in [0.717, 1.165) is 11.6 Å². The number of carbonyl (C=O) groups excluding carboxylic acids is 1. The van der Waals surface area contributed by atoms with Gasteiger partial charge < -0.3 is 10.6 Å². The van der Waals surface area contributed by atoms with Crippen molar-refractivity contribution >= 4 is 28.9 Å². The molecule has 0 aliphatic carbocycles. The van der Waals surface area contributed by atoms with E-state index in [4.69, 9.17) is 11.6 Å². The molecule has 0 atom stereocenters. The molecule has 2 N–H and O–H groups in total. The first kappa shape index (κ1) is 16.9. The molecule has 0 fully saturated rings. The highest BCUT2D eigenvalue weighted by Gasteiger charge is 2.13. The van der Waals surface area contributed by atoms with Gasteiger partial charge in [0.1, 0.15) is 5.82 Å². The normalized spacial score (nSPS) is 10.3. The lowest BCUT2D eigenvalue weighted by atomic mass is 10.1. The second-order valence-corrected chi connectivity index (χ2v) is 5.77. The van der Waals surface area contributed by atoms with Crippen LogP contribution in [0.25, 0.3) is 0 Å². The van der Waals surface area contributed by atoms with Gasteiger partial charge in [0.25, 0.3) is 5.91 Å². The Bertz CT molecular complexity index is 887. The summed E-state index contributed by atoms with van der Waals surface area (Å²) in [5.74, 6) is -0.984. The van der Waals surface area contributed by atoms with Crippen molar-refractivity contribution in [2.24, 2.45) is 0 Å². The zero-order valence-electron chi connectivity index (χ0n) is 13.2. The van der Waals surface area contributed by atoms with Gasteiger partial charge in [0, 0.05) is 29.6 Å². The molecule has 4 nitrogen and oxygen atoms in total. The van der Waals surface area contributed by atoms with Gasteiger partial charge in [-0.05, 0) is 48.0 Å². The summed E-state index contributed by atoms with van der Waals surface area (Å²) in [6.45, 7) is 0.544. The molecule has 1 amide bonds. The Hall–Kier alpha value is -2.92. The monoisotopic (exact) mass is 355 g/mol. The quantitative estimate of drug-likeness (QED) is 0.695. The van der Waals surface area contributed by atoms with E-state index < -0.39 is 11.7 Å². The van der Waals surface area contributed by atoms with Crippen molar-refractivity contribution in [1.82, 2.24) is 4.98 Å². The number of nitrogens with one attached hydrogen (secondary N) is 2. The molecule has 3 aromatic rings. The van der Waals surface area contributed by atoms with E-state index in [1.807, 2.05) is 18.2 Å². The largest absolute Gasteiger partial charge is 0.380 e. The third-order valence-electron chi connectivity index (χ3n) is 3.58. The van der Waals surface area contributed by atoms with Crippen LogP contribution >= 0.6 is 11.6 Å². The third-order valence-corrected chi connectivity index (χ3v) is 3.82. The van der Waals surface area contributed by atoms with Crippen molar-refractivity contribution in [3.05, 3.63) is 89.0 Å². The second-order valence-electron chi connectivity index (χ2n) is 5.33. The van der Waals surface area contributed by atoms with Crippen molar-refractivity contribution in [2.45, 2.75) is 6.54 Å². The molecule has 0 saturated heterocycles. The van der Waals surface area contributed by atoms with E-state index in [1.165, 1.54) is 12.1 Å². The molecule has 1 heterocycles. The number of amides is 1. The van der Waals surface area contributed by atoms with Crippen LogP contribution in [0.15, 0.2) is 67.0 Å². The SMILES string of the molecule is O=C(Nc1ccc(Cl)cc1F)c1ccccc1NCc1ccncc1. The zero-order valence-corrected chi connectivity index (χ0v) is 13.9. The maximum Gasteiger partial charge on any atom is 0.257 e. The number of carbonyl (C=O) groups is 1. The number of hydrogen-bond donors (Lipinski definition) is 2. The molecule has 3 rings (SSSR count). The van der Waals surface area contributed by atoms with Crippen LogP contribution in [-0.4, -0.2) is 10.9 Å². The third kappa shape index (κ3) is 4.33. The highest BCUT2D eigenvalue weighted by Crippen LogP contribution is 2.22. The van der Waals surface area contributed by atoms with Crippen molar-refractivity contribution in [3.63, 3.8) is 0 Å². The summed E-state index contributed by atoms with van der Waals surface area (Å²) < 4.78 is 13.9. The van der Waals surface area contributed by atoms with Gasteiger partial charge >= 0.3 is 0 Å². The molecule has 0 aliphatic rings. The highest BCUT2D eigenvalue weighted by molar-refractivity contribution is 6.30. The topological polar surface area (TPSA) is 54.0 Å². The molecule has 0 aliphatic heterocycles.